The second-order valence-corrected chi connectivity index (χ2v) is 5.73. The van der Waals surface area contributed by atoms with Crippen molar-refractivity contribution in [2.45, 2.75) is 31.7 Å². The Hall–Kier alpha value is -2.08. The number of hydrogen-bond acceptors (Lipinski definition) is 4. The van der Waals surface area contributed by atoms with Crippen molar-refractivity contribution in [1.29, 1.82) is 0 Å². The van der Waals surface area contributed by atoms with E-state index < -0.39 is 0 Å². The molecule has 0 aromatic heterocycles. The summed E-state index contributed by atoms with van der Waals surface area (Å²) in [5.41, 5.74) is 1.12. The third-order valence-electron chi connectivity index (χ3n) is 3.57. The van der Waals surface area contributed by atoms with Gasteiger partial charge in [0.1, 0.15) is 5.75 Å². The Morgan fingerprint density at radius 2 is 1.87 bits per heavy atom. The Bertz CT molecular complexity index is 512. The van der Waals surface area contributed by atoms with Gasteiger partial charge >= 0.3 is 0 Å². The third-order valence-corrected chi connectivity index (χ3v) is 3.57. The number of carbonyl (C=O) groups is 2. The minimum Gasteiger partial charge on any atom is -0.484 e. The molecule has 2 rings (SSSR count). The Morgan fingerprint density at radius 3 is 2.52 bits per heavy atom. The quantitative estimate of drug-likeness (QED) is 0.590. The molecule has 0 unspecified atom stereocenters. The number of nitrogens with one attached hydrogen (secondary N) is 3. The zero-order valence-corrected chi connectivity index (χ0v) is 13.6. The summed E-state index contributed by atoms with van der Waals surface area (Å²) in [6.45, 7) is 1.36. The molecule has 1 fully saturated rings. The molecule has 0 heterocycles. The second kappa shape index (κ2) is 9.15. The zero-order valence-electron chi connectivity index (χ0n) is 13.6. The van der Waals surface area contributed by atoms with Crippen molar-refractivity contribution in [3.63, 3.8) is 0 Å². The van der Waals surface area contributed by atoms with Gasteiger partial charge in [-0.05, 0) is 44.0 Å². The van der Waals surface area contributed by atoms with E-state index in [2.05, 4.69) is 16.0 Å². The van der Waals surface area contributed by atoms with Crippen molar-refractivity contribution in [2.24, 2.45) is 0 Å². The van der Waals surface area contributed by atoms with Gasteiger partial charge in [0.25, 0.3) is 5.91 Å². The van der Waals surface area contributed by atoms with E-state index in [9.17, 15) is 9.59 Å². The van der Waals surface area contributed by atoms with Crippen molar-refractivity contribution in [3.8, 4) is 5.75 Å². The van der Waals surface area contributed by atoms with Crippen molar-refractivity contribution >= 4 is 11.8 Å². The molecule has 0 radical (unpaired) electrons. The maximum absolute atomic E-state index is 11.5. The summed E-state index contributed by atoms with van der Waals surface area (Å²) in [7, 11) is 1.83. The summed E-state index contributed by atoms with van der Waals surface area (Å²) >= 11 is 0. The van der Waals surface area contributed by atoms with Crippen LogP contribution in [0.3, 0.4) is 0 Å². The number of hydrogen-bond donors (Lipinski definition) is 3. The molecule has 0 aliphatic heterocycles. The number of amides is 2. The van der Waals surface area contributed by atoms with Gasteiger partial charge in [0.05, 0.1) is 0 Å². The van der Waals surface area contributed by atoms with E-state index in [1.54, 1.807) is 0 Å². The third kappa shape index (κ3) is 7.15. The minimum absolute atomic E-state index is 0.0529. The Morgan fingerprint density at radius 1 is 1.13 bits per heavy atom. The van der Waals surface area contributed by atoms with Crippen LogP contribution in [0.4, 0.5) is 0 Å². The van der Waals surface area contributed by atoms with Gasteiger partial charge in [-0.15, -0.1) is 0 Å². The Labute approximate surface area is 137 Å². The number of benzene rings is 1. The average molecular weight is 319 g/mol. The monoisotopic (exact) mass is 319 g/mol. The first-order valence-corrected chi connectivity index (χ1v) is 8.10. The SMILES string of the molecule is CNCCC(=O)NCCc1ccc(OCC(=O)NC2CC2)cc1. The smallest absolute Gasteiger partial charge is 0.258 e. The highest BCUT2D eigenvalue weighted by atomic mass is 16.5. The molecule has 126 valence electrons. The number of ether oxygens (including phenoxy) is 1. The van der Waals surface area contributed by atoms with Crippen LogP contribution in [0.15, 0.2) is 24.3 Å². The lowest BCUT2D eigenvalue weighted by molar-refractivity contribution is -0.123. The first kappa shape index (κ1) is 17.3. The van der Waals surface area contributed by atoms with Gasteiger partial charge in [-0.1, -0.05) is 12.1 Å². The standard InChI is InChI=1S/C17H25N3O3/c1-18-10-9-16(21)19-11-8-13-2-6-15(7-3-13)23-12-17(22)20-14-4-5-14/h2-3,6-7,14,18H,4-5,8-12H2,1H3,(H,19,21)(H,20,22). The summed E-state index contributed by atoms with van der Waals surface area (Å²) in [4.78, 5) is 23.0. The number of carbonyl (C=O) groups excluding carboxylic acids is 2. The number of rotatable bonds is 10. The van der Waals surface area contributed by atoms with Gasteiger partial charge in [0, 0.05) is 25.6 Å². The molecule has 0 atom stereocenters. The van der Waals surface area contributed by atoms with Gasteiger partial charge in [0.15, 0.2) is 6.61 Å². The normalized spacial score (nSPS) is 13.4. The molecular weight excluding hydrogens is 294 g/mol. The zero-order chi connectivity index (χ0) is 16.5. The summed E-state index contributed by atoms with van der Waals surface area (Å²) in [5.74, 6) is 0.666. The van der Waals surface area contributed by atoms with E-state index in [0.29, 0.717) is 31.3 Å². The van der Waals surface area contributed by atoms with Gasteiger partial charge in [-0.2, -0.15) is 0 Å². The van der Waals surface area contributed by atoms with Crippen LogP contribution in [0, 0.1) is 0 Å². The van der Waals surface area contributed by atoms with Gasteiger partial charge in [-0.25, -0.2) is 0 Å². The lowest BCUT2D eigenvalue weighted by Crippen LogP contribution is -2.30. The lowest BCUT2D eigenvalue weighted by Gasteiger charge is -2.08. The highest BCUT2D eigenvalue weighted by Crippen LogP contribution is 2.18. The highest BCUT2D eigenvalue weighted by Gasteiger charge is 2.23. The van der Waals surface area contributed by atoms with Crippen LogP contribution in [-0.2, 0) is 16.0 Å². The van der Waals surface area contributed by atoms with E-state index in [1.165, 1.54) is 0 Å². The first-order chi connectivity index (χ1) is 11.2. The fraction of sp³-hybridized carbons (Fsp3) is 0.529. The van der Waals surface area contributed by atoms with E-state index in [0.717, 1.165) is 24.8 Å². The maximum Gasteiger partial charge on any atom is 0.258 e. The fourth-order valence-corrected chi connectivity index (χ4v) is 2.07. The predicted molar refractivity (Wildman–Crippen MR) is 88.4 cm³/mol. The molecule has 0 saturated heterocycles. The van der Waals surface area contributed by atoms with Crippen LogP contribution in [-0.4, -0.2) is 44.6 Å². The summed E-state index contributed by atoms with van der Waals surface area (Å²) in [6, 6.07) is 7.96. The minimum atomic E-state index is -0.0687. The molecule has 2 amide bonds. The maximum atomic E-state index is 11.5. The van der Waals surface area contributed by atoms with E-state index in [4.69, 9.17) is 4.74 Å². The van der Waals surface area contributed by atoms with Crippen LogP contribution in [0.5, 0.6) is 5.75 Å². The molecule has 0 spiro atoms. The summed E-state index contributed by atoms with van der Waals surface area (Å²) in [6.07, 6.45) is 3.41. The predicted octanol–water partition coefficient (Wildman–Crippen LogP) is 0.612. The van der Waals surface area contributed by atoms with Gasteiger partial charge in [0.2, 0.25) is 5.91 Å². The van der Waals surface area contributed by atoms with Crippen LogP contribution >= 0.6 is 0 Å². The summed E-state index contributed by atoms with van der Waals surface area (Å²) < 4.78 is 5.45. The molecule has 6 heteroatoms. The highest BCUT2D eigenvalue weighted by molar-refractivity contribution is 5.78. The lowest BCUT2D eigenvalue weighted by atomic mass is 10.1. The van der Waals surface area contributed by atoms with Gasteiger partial charge in [-0.3, -0.25) is 9.59 Å². The van der Waals surface area contributed by atoms with E-state index in [1.807, 2.05) is 31.3 Å². The Balaban J connectivity index is 1.63. The first-order valence-electron chi connectivity index (χ1n) is 8.10. The van der Waals surface area contributed by atoms with Crippen molar-refractivity contribution in [3.05, 3.63) is 29.8 Å². The molecule has 1 aliphatic carbocycles. The molecule has 1 aliphatic rings. The Kier molecular flexibility index (Phi) is 6.87. The van der Waals surface area contributed by atoms with Crippen LogP contribution in [0.25, 0.3) is 0 Å². The molecule has 1 aromatic rings. The van der Waals surface area contributed by atoms with E-state index in [-0.39, 0.29) is 18.4 Å². The molecule has 1 aromatic carbocycles. The molecule has 1 saturated carbocycles. The molecule has 6 nitrogen and oxygen atoms in total. The van der Waals surface area contributed by atoms with Gasteiger partial charge < -0.3 is 20.7 Å². The second-order valence-electron chi connectivity index (χ2n) is 5.73. The molecule has 0 bridgehead atoms. The van der Waals surface area contributed by atoms with Crippen LogP contribution < -0.4 is 20.7 Å². The summed E-state index contributed by atoms with van der Waals surface area (Å²) in [5, 5.41) is 8.70. The molecular formula is C17H25N3O3. The largest absolute Gasteiger partial charge is 0.484 e. The van der Waals surface area contributed by atoms with Crippen molar-refractivity contribution in [2.75, 3.05) is 26.7 Å². The fourth-order valence-electron chi connectivity index (χ4n) is 2.07. The van der Waals surface area contributed by atoms with Crippen LogP contribution in [0.2, 0.25) is 0 Å². The average Bonchev–Trinajstić information content (AvgIpc) is 3.36. The van der Waals surface area contributed by atoms with Crippen LogP contribution in [0.1, 0.15) is 24.8 Å². The topological polar surface area (TPSA) is 79.5 Å². The molecule has 23 heavy (non-hydrogen) atoms. The van der Waals surface area contributed by atoms with Crippen molar-refractivity contribution in [1.82, 2.24) is 16.0 Å². The molecule has 3 N–H and O–H groups in total. The van der Waals surface area contributed by atoms with E-state index >= 15 is 0 Å². The van der Waals surface area contributed by atoms with Crippen molar-refractivity contribution < 1.29 is 14.3 Å².